The Bertz CT molecular complexity index is 246. The molecule has 106 valence electrons. The number of hydrogen-bond donors (Lipinski definition) is 1. The number of methoxy groups -OCH3 is 1. The molecule has 0 aromatic heterocycles. The van der Waals surface area contributed by atoms with Crippen LogP contribution in [0.5, 0.6) is 0 Å². The molecule has 5 nitrogen and oxygen atoms in total. The molecule has 1 aliphatic rings. The van der Waals surface area contributed by atoms with E-state index in [1.807, 2.05) is 7.05 Å². The Balaban J connectivity index is 2.22. The normalized spacial score (nSPS) is 20.5. The van der Waals surface area contributed by atoms with Crippen molar-refractivity contribution >= 4 is 5.96 Å². The minimum Gasteiger partial charge on any atom is -0.382 e. The van der Waals surface area contributed by atoms with Crippen LogP contribution in [0.2, 0.25) is 0 Å². The average molecular weight is 257 g/mol. The first-order valence-electron chi connectivity index (χ1n) is 6.84. The second-order valence-electron chi connectivity index (χ2n) is 4.64. The lowest BCUT2D eigenvalue weighted by Crippen LogP contribution is -2.40. The van der Waals surface area contributed by atoms with Gasteiger partial charge >= 0.3 is 0 Å². The molecule has 0 spiro atoms. The Morgan fingerprint density at radius 1 is 1.44 bits per heavy atom. The van der Waals surface area contributed by atoms with Crippen LogP contribution in [0.1, 0.15) is 19.8 Å². The fraction of sp³-hybridized carbons (Fsp3) is 0.923. The number of guanidine groups is 1. The van der Waals surface area contributed by atoms with Gasteiger partial charge in [0.1, 0.15) is 0 Å². The van der Waals surface area contributed by atoms with E-state index in [-0.39, 0.29) is 0 Å². The van der Waals surface area contributed by atoms with Gasteiger partial charge in [-0.25, -0.2) is 0 Å². The SMILES string of the molecule is CCCNC(=NC)N1CCC(COCCOC)C1. The standard InChI is InChI=1S/C13H27N3O2/c1-4-6-15-13(14-2)16-7-5-12(10-16)11-18-9-8-17-3/h12H,4-11H2,1-3H3,(H,14,15). The van der Waals surface area contributed by atoms with Gasteiger partial charge in [0.2, 0.25) is 0 Å². The highest BCUT2D eigenvalue weighted by atomic mass is 16.5. The Kier molecular flexibility index (Phi) is 7.76. The van der Waals surface area contributed by atoms with Crippen molar-refractivity contribution in [3.63, 3.8) is 0 Å². The van der Waals surface area contributed by atoms with E-state index in [2.05, 4.69) is 22.1 Å². The Hall–Kier alpha value is -0.810. The zero-order valence-corrected chi connectivity index (χ0v) is 11.9. The number of rotatable bonds is 7. The average Bonchev–Trinajstić information content (AvgIpc) is 2.84. The summed E-state index contributed by atoms with van der Waals surface area (Å²) < 4.78 is 10.6. The third-order valence-corrected chi connectivity index (χ3v) is 3.12. The van der Waals surface area contributed by atoms with Crippen molar-refractivity contribution in [3.8, 4) is 0 Å². The van der Waals surface area contributed by atoms with Crippen LogP contribution >= 0.6 is 0 Å². The van der Waals surface area contributed by atoms with Crippen molar-refractivity contribution in [2.75, 3.05) is 53.6 Å². The topological polar surface area (TPSA) is 46.1 Å². The molecule has 0 aromatic carbocycles. The summed E-state index contributed by atoms with van der Waals surface area (Å²) in [5.41, 5.74) is 0. The van der Waals surface area contributed by atoms with E-state index in [9.17, 15) is 0 Å². The van der Waals surface area contributed by atoms with Crippen molar-refractivity contribution in [2.45, 2.75) is 19.8 Å². The maximum absolute atomic E-state index is 5.59. The van der Waals surface area contributed by atoms with E-state index in [1.165, 1.54) is 6.42 Å². The zero-order chi connectivity index (χ0) is 13.2. The molecule has 5 heteroatoms. The van der Waals surface area contributed by atoms with Crippen LogP contribution in [0.15, 0.2) is 4.99 Å². The van der Waals surface area contributed by atoms with Crippen molar-refractivity contribution in [2.24, 2.45) is 10.9 Å². The molecular formula is C13H27N3O2. The molecule has 0 bridgehead atoms. The van der Waals surface area contributed by atoms with Crippen LogP contribution in [-0.4, -0.2) is 64.5 Å². The summed E-state index contributed by atoms with van der Waals surface area (Å²) >= 11 is 0. The van der Waals surface area contributed by atoms with Crippen LogP contribution in [0.25, 0.3) is 0 Å². The maximum Gasteiger partial charge on any atom is 0.193 e. The lowest BCUT2D eigenvalue weighted by atomic mass is 10.1. The molecule has 1 N–H and O–H groups in total. The van der Waals surface area contributed by atoms with Crippen LogP contribution in [0.3, 0.4) is 0 Å². The van der Waals surface area contributed by atoms with Crippen LogP contribution in [0, 0.1) is 5.92 Å². The highest BCUT2D eigenvalue weighted by molar-refractivity contribution is 5.80. The first kappa shape index (κ1) is 15.2. The number of nitrogens with one attached hydrogen (secondary N) is 1. The van der Waals surface area contributed by atoms with E-state index in [0.29, 0.717) is 19.1 Å². The Morgan fingerprint density at radius 3 is 2.94 bits per heavy atom. The first-order valence-corrected chi connectivity index (χ1v) is 6.84. The minimum absolute atomic E-state index is 0.613. The molecule has 1 rings (SSSR count). The first-order chi connectivity index (χ1) is 8.81. The van der Waals surface area contributed by atoms with Crippen LogP contribution in [0.4, 0.5) is 0 Å². The molecular weight excluding hydrogens is 230 g/mol. The van der Waals surface area contributed by atoms with Crippen molar-refractivity contribution in [3.05, 3.63) is 0 Å². The highest BCUT2D eigenvalue weighted by Gasteiger charge is 2.24. The molecule has 1 unspecified atom stereocenters. The molecule has 0 aromatic rings. The van der Waals surface area contributed by atoms with Gasteiger partial charge in [-0.2, -0.15) is 0 Å². The second-order valence-corrected chi connectivity index (χ2v) is 4.64. The third kappa shape index (κ3) is 5.23. The van der Waals surface area contributed by atoms with Gasteiger partial charge < -0.3 is 19.7 Å². The number of hydrogen-bond acceptors (Lipinski definition) is 3. The smallest absolute Gasteiger partial charge is 0.193 e. The zero-order valence-electron chi connectivity index (χ0n) is 11.9. The minimum atomic E-state index is 0.613. The van der Waals surface area contributed by atoms with E-state index in [1.54, 1.807) is 7.11 Å². The molecule has 1 atom stereocenters. The molecule has 1 fully saturated rings. The fourth-order valence-corrected chi connectivity index (χ4v) is 2.12. The molecule has 0 aliphatic carbocycles. The summed E-state index contributed by atoms with van der Waals surface area (Å²) in [6.45, 7) is 7.45. The molecule has 1 heterocycles. The van der Waals surface area contributed by atoms with Gasteiger partial charge in [0.05, 0.1) is 19.8 Å². The highest BCUT2D eigenvalue weighted by Crippen LogP contribution is 2.16. The number of likely N-dealkylation sites (tertiary alicyclic amines) is 1. The summed E-state index contributed by atoms with van der Waals surface area (Å²) in [5.74, 6) is 1.64. The maximum atomic E-state index is 5.59. The molecule has 0 radical (unpaired) electrons. The van der Waals surface area contributed by atoms with E-state index >= 15 is 0 Å². The van der Waals surface area contributed by atoms with Gasteiger partial charge in [-0.1, -0.05) is 6.92 Å². The summed E-state index contributed by atoms with van der Waals surface area (Å²) in [7, 11) is 3.55. The van der Waals surface area contributed by atoms with Crippen molar-refractivity contribution < 1.29 is 9.47 Å². The van der Waals surface area contributed by atoms with Gasteiger partial charge in [0.25, 0.3) is 0 Å². The fourth-order valence-electron chi connectivity index (χ4n) is 2.12. The monoisotopic (exact) mass is 257 g/mol. The number of aliphatic imine (C=N–C) groups is 1. The molecule has 0 amide bonds. The van der Waals surface area contributed by atoms with Crippen molar-refractivity contribution in [1.82, 2.24) is 10.2 Å². The lowest BCUT2D eigenvalue weighted by Gasteiger charge is -2.21. The van der Waals surface area contributed by atoms with Crippen LogP contribution in [-0.2, 0) is 9.47 Å². The summed E-state index contributed by atoms with van der Waals surface area (Å²) in [6, 6.07) is 0. The largest absolute Gasteiger partial charge is 0.382 e. The number of nitrogens with zero attached hydrogens (tertiary/aromatic N) is 2. The predicted molar refractivity (Wildman–Crippen MR) is 74.0 cm³/mol. The summed E-state index contributed by atoms with van der Waals surface area (Å²) in [4.78, 5) is 6.64. The van der Waals surface area contributed by atoms with E-state index in [4.69, 9.17) is 9.47 Å². The predicted octanol–water partition coefficient (Wildman–Crippen LogP) is 0.957. The van der Waals surface area contributed by atoms with Gasteiger partial charge in [0, 0.05) is 39.7 Å². The van der Waals surface area contributed by atoms with Gasteiger partial charge in [-0.15, -0.1) is 0 Å². The molecule has 1 aliphatic heterocycles. The van der Waals surface area contributed by atoms with Gasteiger partial charge in [0.15, 0.2) is 5.96 Å². The van der Waals surface area contributed by atoms with E-state index < -0.39 is 0 Å². The van der Waals surface area contributed by atoms with Gasteiger partial charge in [-0.05, 0) is 12.8 Å². The lowest BCUT2D eigenvalue weighted by molar-refractivity contribution is 0.0536. The summed E-state index contributed by atoms with van der Waals surface area (Å²) in [6.07, 6.45) is 2.30. The Morgan fingerprint density at radius 2 is 2.28 bits per heavy atom. The van der Waals surface area contributed by atoms with Crippen LogP contribution < -0.4 is 5.32 Å². The Labute approximate surface area is 111 Å². The van der Waals surface area contributed by atoms with Crippen molar-refractivity contribution in [1.29, 1.82) is 0 Å². The third-order valence-electron chi connectivity index (χ3n) is 3.12. The molecule has 18 heavy (non-hydrogen) atoms. The second kappa shape index (κ2) is 9.16. The van der Waals surface area contributed by atoms with Gasteiger partial charge in [-0.3, -0.25) is 4.99 Å². The van der Waals surface area contributed by atoms with E-state index in [0.717, 1.165) is 38.6 Å². The molecule has 0 saturated carbocycles. The number of ether oxygens (including phenoxy) is 2. The molecule has 1 saturated heterocycles. The summed E-state index contributed by atoms with van der Waals surface area (Å²) in [5, 5.41) is 3.37. The quantitative estimate of drug-likeness (QED) is 0.419.